The summed E-state index contributed by atoms with van der Waals surface area (Å²) in [5.74, 6) is -0.522. The van der Waals surface area contributed by atoms with Gasteiger partial charge in [0.05, 0.1) is 11.9 Å². The van der Waals surface area contributed by atoms with Crippen molar-refractivity contribution in [2.45, 2.75) is 25.7 Å². The van der Waals surface area contributed by atoms with E-state index >= 15 is 0 Å². The van der Waals surface area contributed by atoms with Crippen LogP contribution in [-0.2, 0) is 14.8 Å². The molecule has 126 valence electrons. The lowest BCUT2D eigenvalue weighted by Gasteiger charge is -2.21. The molecule has 1 aromatic carbocycles. The summed E-state index contributed by atoms with van der Waals surface area (Å²) in [4.78, 5) is 12.0. The monoisotopic (exact) mass is 377 g/mol. The molecule has 0 atom stereocenters. The second kappa shape index (κ2) is 7.51. The van der Waals surface area contributed by atoms with E-state index in [1.54, 1.807) is 0 Å². The van der Waals surface area contributed by atoms with Gasteiger partial charge in [0.2, 0.25) is 10.0 Å². The van der Waals surface area contributed by atoms with E-state index in [-0.39, 0.29) is 15.7 Å². The molecule has 1 saturated carbocycles. The van der Waals surface area contributed by atoms with E-state index in [0.29, 0.717) is 0 Å². The van der Waals surface area contributed by atoms with E-state index in [1.807, 2.05) is 0 Å². The number of hydrogen-bond donors (Lipinski definition) is 1. The van der Waals surface area contributed by atoms with Crippen molar-refractivity contribution < 1.29 is 13.2 Å². The Morgan fingerprint density at radius 2 is 1.78 bits per heavy atom. The molecule has 1 aliphatic rings. The van der Waals surface area contributed by atoms with Gasteiger partial charge in [-0.25, -0.2) is 13.8 Å². The predicted octanol–water partition coefficient (Wildman–Crippen LogP) is 2.81. The van der Waals surface area contributed by atoms with E-state index < -0.39 is 22.5 Å². The fourth-order valence-electron chi connectivity index (χ4n) is 2.29. The van der Waals surface area contributed by atoms with Crippen molar-refractivity contribution >= 4 is 50.5 Å². The molecule has 1 aliphatic carbocycles. The molecule has 0 saturated heterocycles. The highest BCUT2D eigenvalue weighted by Crippen LogP contribution is 2.26. The molecule has 23 heavy (non-hydrogen) atoms. The Bertz CT molecular complexity index is 707. The van der Waals surface area contributed by atoms with Gasteiger partial charge in [-0.3, -0.25) is 9.10 Å². The molecule has 0 aliphatic heterocycles. The molecule has 0 spiro atoms. The summed E-state index contributed by atoms with van der Waals surface area (Å²) in [6.07, 6.45) is 4.86. The number of amides is 1. The lowest BCUT2D eigenvalue weighted by atomic mass is 10.3. The second-order valence-corrected chi connectivity index (χ2v) is 8.10. The fourth-order valence-corrected chi connectivity index (χ4v) is 3.64. The zero-order valence-corrected chi connectivity index (χ0v) is 14.9. The average Bonchev–Trinajstić information content (AvgIpc) is 2.93. The number of nitrogens with one attached hydrogen (secondary N) is 1. The van der Waals surface area contributed by atoms with Gasteiger partial charge >= 0.3 is 0 Å². The summed E-state index contributed by atoms with van der Waals surface area (Å²) in [7, 11) is -3.68. The van der Waals surface area contributed by atoms with Crippen LogP contribution < -0.4 is 9.73 Å². The number of halogens is 2. The molecular weight excluding hydrogens is 361 g/mol. The second-order valence-electron chi connectivity index (χ2n) is 5.32. The number of carbonyl (C=O) groups is 1. The number of benzene rings is 1. The zero-order valence-electron chi connectivity index (χ0n) is 12.6. The molecule has 6 nitrogen and oxygen atoms in total. The van der Waals surface area contributed by atoms with Crippen molar-refractivity contribution in [3.63, 3.8) is 0 Å². The molecule has 1 fully saturated rings. The minimum absolute atomic E-state index is 0.230. The van der Waals surface area contributed by atoms with Gasteiger partial charge < -0.3 is 0 Å². The third kappa shape index (κ3) is 5.37. The van der Waals surface area contributed by atoms with Crippen LogP contribution in [0.2, 0.25) is 10.0 Å². The van der Waals surface area contributed by atoms with Crippen molar-refractivity contribution in [2.75, 3.05) is 17.1 Å². The highest BCUT2D eigenvalue weighted by atomic mass is 35.5. The van der Waals surface area contributed by atoms with Gasteiger partial charge in [-0.2, -0.15) is 5.10 Å². The maximum atomic E-state index is 12.0. The van der Waals surface area contributed by atoms with E-state index in [4.69, 9.17) is 23.2 Å². The number of hydrazone groups is 1. The Kier molecular flexibility index (Phi) is 5.89. The Labute approximate surface area is 145 Å². The van der Waals surface area contributed by atoms with Gasteiger partial charge in [0.1, 0.15) is 6.54 Å². The van der Waals surface area contributed by atoms with Gasteiger partial charge in [0.25, 0.3) is 5.91 Å². The molecule has 0 radical (unpaired) electrons. The minimum atomic E-state index is -3.68. The predicted molar refractivity (Wildman–Crippen MR) is 92.7 cm³/mol. The van der Waals surface area contributed by atoms with Gasteiger partial charge in [0, 0.05) is 15.8 Å². The van der Waals surface area contributed by atoms with Gasteiger partial charge in [0.15, 0.2) is 0 Å². The Hall–Kier alpha value is -1.31. The number of anilines is 1. The maximum Gasteiger partial charge on any atom is 0.260 e. The molecule has 9 heteroatoms. The lowest BCUT2D eigenvalue weighted by molar-refractivity contribution is -0.119. The SMILES string of the molecule is CS(=O)(=O)N(CC(=O)NN=C1CCCC1)c1cc(Cl)cc(Cl)c1. The molecule has 1 amide bonds. The van der Waals surface area contributed by atoms with Crippen molar-refractivity contribution in [1.29, 1.82) is 0 Å². The van der Waals surface area contributed by atoms with E-state index in [9.17, 15) is 13.2 Å². The van der Waals surface area contributed by atoms with Gasteiger partial charge in [-0.1, -0.05) is 23.2 Å². The summed E-state index contributed by atoms with van der Waals surface area (Å²) in [6.45, 7) is -0.397. The molecule has 2 rings (SSSR count). The highest BCUT2D eigenvalue weighted by molar-refractivity contribution is 7.92. The van der Waals surface area contributed by atoms with Gasteiger partial charge in [-0.05, 0) is 43.9 Å². The Morgan fingerprint density at radius 3 is 2.30 bits per heavy atom. The first kappa shape index (κ1) is 18.0. The van der Waals surface area contributed by atoms with Crippen molar-refractivity contribution in [3.05, 3.63) is 28.2 Å². The molecule has 1 N–H and O–H groups in total. The summed E-state index contributed by atoms with van der Waals surface area (Å²) in [5.41, 5.74) is 3.56. The minimum Gasteiger partial charge on any atom is -0.271 e. The topological polar surface area (TPSA) is 78.8 Å². The summed E-state index contributed by atoms with van der Waals surface area (Å²) in [5, 5.41) is 4.60. The summed E-state index contributed by atoms with van der Waals surface area (Å²) >= 11 is 11.8. The van der Waals surface area contributed by atoms with E-state index in [0.717, 1.165) is 42.0 Å². The van der Waals surface area contributed by atoms with Crippen LogP contribution in [0.3, 0.4) is 0 Å². The van der Waals surface area contributed by atoms with Crippen LogP contribution in [0.25, 0.3) is 0 Å². The number of sulfonamides is 1. The number of hydrogen-bond acceptors (Lipinski definition) is 4. The fraction of sp³-hybridized carbons (Fsp3) is 0.429. The number of carbonyl (C=O) groups excluding carboxylic acids is 1. The van der Waals surface area contributed by atoms with Crippen LogP contribution in [0.1, 0.15) is 25.7 Å². The molecule has 0 aromatic heterocycles. The molecular formula is C14H17Cl2N3O3S. The quantitative estimate of drug-likeness (QED) is 0.801. The molecule has 0 bridgehead atoms. The first-order valence-corrected chi connectivity index (χ1v) is 9.64. The van der Waals surface area contributed by atoms with E-state index in [2.05, 4.69) is 10.5 Å². The number of nitrogens with zero attached hydrogens (tertiary/aromatic N) is 2. The van der Waals surface area contributed by atoms with Gasteiger partial charge in [-0.15, -0.1) is 0 Å². The summed E-state index contributed by atoms with van der Waals surface area (Å²) in [6, 6.07) is 4.36. The first-order chi connectivity index (χ1) is 10.8. The van der Waals surface area contributed by atoms with Crippen LogP contribution in [0.4, 0.5) is 5.69 Å². The van der Waals surface area contributed by atoms with Crippen LogP contribution >= 0.6 is 23.2 Å². The first-order valence-electron chi connectivity index (χ1n) is 7.04. The van der Waals surface area contributed by atoms with Crippen molar-refractivity contribution in [3.8, 4) is 0 Å². The third-order valence-electron chi connectivity index (χ3n) is 3.34. The standard InChI is InChI=1S/C14H17Cl2N3O3S/c1-23(21,22)19(13-7-10(15)6-11(16)8-13)9-14(20)18-17-12-4-2-3-5-12/h6-8H,2-5,9H2,1H3,(H,18,20). The largest absolute Gasteiger partial charge is 0.271 e. The normalized spacial score (nSPS) is 14.7. The number of rotatable bonds is 5. The smallest absolute Gasteiger partial charge is 0.260 e. The molecule has 0 heterocycles. The van der Waals surface area contributed by atoms with Crippen LogP contribution in [0.15, 0.2) is 23.3 Å². The van der Waals surface area contributed by atoms with Crippen LogP contribution in [0, 0.1) is 0 Å². The summed E-state index contributed by atoms with van der Waals surface area (Å²) < 4.78 is 24.9. The van der Waals surface area contributed by atoms with E-state index in [1.165, 1.54) is 18.2 Å². The molecule has 1 aromatic rings. The Morgan fingerprint density at radius 1 is 1.22 bits per heavy atom. The van der Waals surface area contributed by atoms with Crippen LogP contribution in [0.5, 0.6) is 0 Å². The third-order valence-corrected chi connectivity index (χ3v) is 4.92. The highest BCUT2D eigenvalue weighted by Gasteiger charge is 2.22. The zero-order chi connectivity index (χ0) is 17.0. The van der Waals surface area contributed by atoms with Crippen molar-refractivity contribution in [2.24, 2.45) is 5.10 Å². The average molecular weight is 378 g/mol. The van der Waals surface area contributed by atoms with Crippen molar-refractivity contribution in [1.82, 2.24) is 5.43 Å². The maximum absolute atomic E-state index is 12.0. The lowest BCUT2D eigenvalue weighted by Crippen LogP contribution is -2.39. The Balaban J connectivity index is 2.16. The molecule has 0 unspecified atom stereocenters. The van der Waals surface area contributed by atoms with Crippen LogP contribution in [-0.4, -0.2) is 32.8 Å².